The number of hydrazone groups is 1. The predicted molar refractivity (Wildman–Crippen MR) is 150 cm³/mol. The summed E-state index contributed by atoms with van der Waals surface area (Å²) in [6, 6.07) is 23.6. The molecule has 0 bridgehead atoms. The lowest BCUT2D eigenvalue weighted by Crippen LogP contribution is -2.22. The van der Waals surface area contributed by atoms with Crippen LogP contribution in [0.2, 0.25) is 0 Å². The highest BCUT2D eigenvalue weighted by molar-refractivity contribution is 9.10. The first-order valence-electron chi connectivity index (χ1n) is 12.1. The van der Waals surface area contributed by atoms with E-state index in [0.717, 1.165) is 22.1 Å². The van der Waals surface area contributed by atoms with Crippen LogP contribution in [0.3, 0.4) is 0 Å². The molecule has 1 aromatic heterocycles. The molecule has 1 aliphatic rings. The standard InChI is InChI=1S/C29H24BrN5O3/c1-18-26-24(34-35-28(36)19-10-12-20(30)13-11-19)8-5-9-25(26)38-27(18)29(37)31-21-14-16-23(17-15-21)33-32-22-6-3-2-4-7-22/h2-4,6-7,10-17H,5,8-9H2,1H3,(H,31,37)(H,35,36)/b33-32?,34-24+. The molecule has 38 heavy (non-hydrogen) atoms. The number of anilines is 1. The zero-order valence-corrected chi connectivity index (χ0v) is 22.2. The second-order valence-electron chi connectivity index (χ2n) is 8.75. The van der Waals surface area contributed by atoms with Crippen LogP contribution in [0.25, 0.3) is 0 Å². The van der Waals surface area contributed by atoms with Crippen LogP contribution in [0.5, 0.6) is 0 Å². The highest BCUT2D eigenvalue weighted by Gasteiger charge is 2.28. The maximum absolute atomic E-state index is 13.1. The Morgan fingerprint density at radius 3 is 2.24 bits per heavy atom. The van der Waals surface area contributed by atoms with E-state index in [2.05, 4.69) is 42.0 Å². The molecule has 0 saturated carbocycles. The van der Waals surface area contributed by atoms with Gasteiger partial charge < -0.3 is 9.73 Å². The molecule has 1 aliphatic carbocycles. The van der Waals surface area contributed by atoms with Crippen LogP contribution < -0.4 is 10.7 Å². The maximum atomic E-state index is 13.1. The largest absolute Gasteiger partial charge is 0.455 e. The molecular weight excluding hydrogens is 546 g/mol. The molecule has 4 aromatic rings. The molecule has 0 spiro atoms. The molecule has 0 radical (unpaired) electrons. The number of azo groups is 1. The number of rotatable bonds is 6. The Balaban J connectivity index is 1.28. The molecule has 3 aromatic carbocycles. The summed E-state index contributed by atoms with van der Waals surface area (Å²) in [7, 11) is 0. The van der Waals surface area contributed by atoms with Gasteiger partial charge in [0.1, 0.15) is 5.76 Å². The van der Waals surface area contributed by atoms with Gasteiger partial charge in [-0.25, -0.2) is 5.43 Å². The van der Waals surface area contributed by atoms with Crippen molar-refractivity contribution in [3.8, 4) is 0 Å². The van der Waals surface area contributed by atoms with Gasteiger partial charge in [0.15, 0.2) is 5.76 Å². The lowest BCUT2D eigenvalue weighted by molar-refractivity contribution is 0.0953. The highest BCUT2D eigenvalue weighted by Crippen LogP contribution is 2.30. The Labute approximate surface area is 228 Å². The molecule has 9 heteroatoms. The number of carbonyl (C=O) groups excluding carboxylic acids is 2. The van der Waals surface area contributed by atoms with Crippen LogP contribution in [0.4, 0.5) is 17.1 Å². The molecule has 0 fully saturated rings. The number of nitrogens with one attached hydrogen (secondary N) is 2. The van der Waals surface area contributed by atoms with E-state index in [1.165, 1.54) is 0 Å². The van der Waals surface area contributed by atoms with Crippen molar-refractivity contribution in [3.63, 3.8) is 0 Å². The minimum Gasteiger partial charge on any atom is -0.455 e. The monoisotopic (exact) mass is 569 g/mol. The minimum absolute atomic E-state index is 0.233. The van der Waals surface area contributed by atoms with Crippen LogP contribution in [0.1, 0.15) is 50.6 Å². The molecule has 190 valence electrons. The van der Waals surface area contributed by atoms with Gasteiger partial charge in [0.2, 0.25) is 0 Å². The predicted octanol–water partition coefficient (Wildman–Crippen LogP) is 7.49. The molecule has 8 nitrogen and oxygen atoms in total. The first-order valence-corrected chi connectivity index (χ1v) is 12.9. The van der Waals surface area contributed by atoms with Gasteiger partial charge in [-0.15, -0.1) is 0 Å². The Morgan fingerprint density at radius 1 is 0.842 bits per heavy atom. The maximum Gasteiger partial charge on any atom is 0.291 e. The van der Waals surface area contributed by atoms with Gasteiger partial charge >= 0.3 is 0 Å². The van der Waals surface area contributed by atoms with Crippen molar-refractivity contribution in [3.05, 3.63) is 112 Å². The summed E-state index contributed by atoms with van der Waals surface area (Å²) in [4.78, 5) is 25.6. The minimum atomic E-state index is -0.353. The third-order valence-corrected chi connectivity index (χ3v) is 6.62. The molecule has 2 amide bonds. The van der Waals surface area contributed by atoms with E-state index in [4.69, 9.17) is 4.42 Å². The number of benzene rings is 3. The fourth-order valence-electron chi connectivity index (χ4n) is 4.19. The summed E-state index contributed by atoms with van der Waals surface area (Å²) in [5.41, 5.74) is 7.36. The van der Waals surface area contributed by atoms with E-state index in [1.54, 1.807) is 48.5 Å². The molecule has 5 rings (SSSR count). The van der Waals surface area contributed by atoms with Crippen molar-refractivity contribution in [2.24, 2.45) is 15.3 Å². The van der Waals surface area contributed by atoms with Crippen LogP contribution in [-0.2, 0) is 6.42 Å². The smallest absolute Gasteiger partial charge is 0.291 e. The van der Waals surface area contributed by atoms with Crippen LogP contribution in [0.15, 0.2) is 103 Å². The molecule has 0 aliphatic heterocycles. The average molecular weight is 570 g/mol. The van der Waals surface area contributed by atoms with Crippen molar-refractivity contribution in [2.75, 3.05) is 5.32 Å². The topological polar surface area (TPSA) is 108 Å². The fraction of sp³-hybridized carbons (Fsp3) is 0.138. The molecule has 0 saturated heterocycles. The van der Waals surface area contributed by atoms with Crippen LogP contribution >= 0.6 is 15.9 Å². The zero-order chi connectivity index (χ0) is 26.5. The fourth-order valence-corrected chi connectivity index (χ4v) is 4.45. The summed E-state index contributed by atoms with van der Waals surface area (Å²) in [5, 5.41) is 15.7. The second-order valence-corrected chi connectivity index (χ2v) is 9.67. The van der Waals surface area contributed by atoms with Crippen LogP contribution in [0, 0.1) is 6.92 Å². The van der Waals surface area contributed by atoms with Gasteiger partial charge in [0, 0.05) is 33.3 Å². The Morgan fingerprint density at radius 2 is 1.53 bits per heavy atom. The van der Waals surface area contributed by atoms with Gasteiger partial charge in [0.25, 0.3) is 11.8 Å². The quantitative estimate of drug-likeness (QED) is 0.185. The normalized spacial score (nSPS) is 13.9. The number of hydrogen-bond donors (Lipinski definition) is 2. The SMILES string of the molecule is Cc1c(C(=O)Nc2ccc(N=Nc3ccccc3)cc2)oc2c1/C(=N/NC(=O)c1ccc(Br)cc1)CCC2. The van der Waals surface area contributed by atoms with E-state index >= 15 is 0 Å². The number of hydrogen-bond acceptors (Lipinski definition) is 6. The summed E-state index contributed by atoms with van der Waals surface area (Å²) in [5.74, 6) is 0.278. The molecule has 0 unspecified atom stereocenters. The number of halogens is 1. The molecule has 2 N–H and O–H groups in total. The van der Waals surface area contributed by atoms with E-state index in [-0.39, 0.29) is 17.6 Å². The van der Waals surface area contributed by atoms with Crippen LogP contribution in [-0.4, -0.2) is 17.5 Å². The van der Waals surface area contributed by atoms with Crippen molar-refractivity contribution >= 4 is 50.5 Å². The molecular formula is C29H24BrN5O3. The first-order chi connectivity index (χ1) is 18.5. The Hall–Kier alpha value is -4.37. The van der Waals surface area contributed by atoms with Crippen molar-refractivity contribution < 1.29 is 14.0 Å². The third-order valence-electron chi connectivity index (χ3n) is 6.09. The highest BCUT2D eigenvalue weighted by atomic mass is 79.9. The van der Waals surface area contributed by atoms with Gasteiger partial charge in [-0.3, -0.25) is 9.59 Å². The number of carbonyl (C=O) groups is 2. The molecule has 1 heterocycles. The van der Waals surface area contributed by atoms with E-state index in [0.29, 0.717) is 46.8 Å². The first kappa shape index (κ1) is 25.3. The summed E-state index contributed by atoms with van der Waals surface area (Å²) in [6.07, 6.45) is 2.19. The Bertz CT molecular complexity index is 1530. The number of fused-ring (bicyclic) bond motifs is 1. The van der Waals surface area contributed by atoms with Crippen molar-refractivity contribution in [2.45, 2.75) is 26.2 Å². The lowest BCUT2D eigenvalue weighted by atomic mass is 9.93. The van der Waals surface area contributed by atoms with E-state index in [1.807, 2.05) is 37.3 Å². The summed E-state index contributed by atoms with van der Waals surface area (Å²) in [6.45, 7) is 1.84. The summed E-state index contributed by atoms with van der Waals surface area (Å²) < 4.78 is 6.86. The third kappa shape index (κ3) is 5.78. The number of amides is 2. The van der Waals surface area contributed by atoms with E-state index in [9.17, 15) is 9.59 Å². The summed E-state index contributed by atoms with van der Waals surface area (Å²) >= 11 is 3.36. The average Bonchev–Trinajstić information content (AvgIpc) is 3.29. The van der Waals surface area contributed by atoms with Gasteiger partial charge in [0.05, 0.1) is 17.1 Å². The number of nitrogens with zero attached hydrogens (tertiary/aromatic N) is 3. The Kier molecular flexibility index (Phi) is 7.55. The lowest BCUT2D eigenvalue weighted by Gasteiger charge is -2.13. The number of aryl methyl sites for hydroxylation is 1. The van der Waals surface area contributed by atoms with Gasteiger partial charge in [-0.05, 0) is 80.4 Å². The van der Waals surface area contributed by atoms with Crippen molar-refractivity contribution in [1.29, 1.82) is 0 Å². The molecule has 0 atom stereocenters. The number of furan rings is 1. The van der Waals surface area contributed by atoms with Gasteiger partial charge in [-0.1, -0.05) is 34.1 Å². The van der Waals surface area contributed by atoms with Gasteiger partial charge in [-0.2, -0.15) is 15.3 Å². The zero-order valence-electron chi connectivity index (χ0n) is 20.6. The van der Waals surface area contributed by atoms with Crippen molar-refractivity contribution in [1.82, 2.24) is 5.43 Å². The van der Waals surface area contributed by atoms with E-state index < -0.39 is 0 Å². The second kappa shape index (κ2) is 11.4.